The van der Waals surface area contributed by atoms with Crippen molar-refractivity contribution in [3.8, 4) is 0 Å². The van der Waals surface area contributed by atoms with Gasteiger partial charge >= 0.3 is 0 Å². The molecule has 0 atom stereocenters. The zero-order valence-corrected chi connectivity index (χ0v) is 10.9. The first-order chi connectivity index (χ1) is 9.51. The van der Waals surface area contributed by atoms with Gasteiger partial charge in [0.15, 0.2) is 17.5 Å². The fourth-order valence-electron chi connectivity index (χ4n) is 1.70. The molecule has 5 heteroatoms. The van der Waals surface area contributed by atoms with Gasteiger partial charge < -0.3 is 0 Å². The highest BCUT2D eigenvalue weighted by Crippen LogP contribution is 2.23. The lowest BCUT2D eigenvalue weighted by Crippen LogP contribution is -1.95. The van der Waals surface area contributed by atoms with Gasteiger partial charge in [-0.05, 0) is 47.0 Å². The lowest BCUT2D eigenvalue weighted by molar-refractivity contribution is 0.446. The van der Waals surface area contributed by atoms with Crippen molar-refractivity contribution in [2.45, 2.75) is 0 Å². The second kappa shape index (κ2) is 6.09. The Morgan fingerprint density at radius 2 is 1.50 bits per heavy atom. The van der Waals surface area contributed by atoms with Gasteiger partial charge in [0, 0.05) is 5.88 Å². The average molecular weight is 301 g/mol. The molecule has 0 aliphatic heterocycles. The van der Waals surface area contributed by atoms with Gasteiger partial charge in [0.1, 0.15) is 5.82 Å². The van der Waals surface area contributed by atoms with Gasteiger partial charge in [-0.3, -0.25) is 0 Å². The van der Waals surface area contributed by atoms with Crippen molar-refractivity contribution in [1.82, 2.24) is 0 Å². The van der Waals surface area contributed by atoms with Crippen LogP contribution in [0.5, 0.6) is 0 Å². The summed E-state index contributed by atoms with van der Waals surface area (Å²) >= 11 is 5.75. The van der Waals surface area contributed by atoms with E-state index in [4.69, 9.17) is 11.6 Å². The van der Waals surface area contributed by atoms with E-state index >= 15 is 0 Å². The average Bonchev–Trinajstić information content (AvgIpc) is 2.43. The van der Waals surface area contributed by atoms with Gasteiger partial charge in [0.2, 0.25) is 0 Å². The Hall–Kier alpha value is -1.81. The topological polar surface area (TPSA) is 0 Å². The largest absolute Gasteiger partial charge is 0.207 e. The summed E-state index contributed by atoms with van der Waals surface area (Å²) in [6.45, 7) is 0. The Morgan fingerprint density at radius 3 is 2.00 bits per heavy atom. The highest BCUT2D eigenvalue weighted by molar-refractivity contribution is 6.24. The molecule has 2 rings (SSSR count). The summed E-state index contributed by atoms with van der Waals surface area (Å²) in [5.74, 6) is -4.51. The van der Waals surface area contributed by atoms with Crippen LogP contribution in [0.15, 0.2) is 36.4 Å². The van der Waals surface area contributed by atoms with Gasteiger partial charge in [0.25, 0.3) is 0 Å². The fraction of sp³-hybridized carbons (Fsp3) is 0.0667. The summed E-state index contributed by atoms with van der Waals surface area (Å²) in [4.78, 5) is 0. The zero-order chi connectivity index (χ0) is 14.7. The molecule has 0 aromatic heterocycles. The summed E-state index contributed by atoms with van der Waals surface area (Å²) < 4.78 is 52.1. The van der Waals surface area contributed by atoms with Crippen LogP contribution in [0.1, 0.15) is 11.1 Å². The molecule has 0 heterocycles. The van der Waals surface area contributed by atoms with Crippen molar-refractivity contribution in [3.63, 3.8) is 0 Å². The molecule has 0 saturated carbocycles. The highest BCUT2D eigenvalue weighted by atomic mass is 35.5. The number of hydrogen-bond donors (Lipinski definition) is 0. The van der Waals surface area contributed by atoms with Crippen LogP contribution in [-0.2, 0) is 0 Å². The van der Waals surface area contributed by atoms with Crippen LogP contribution >= 0.6 is 11.6 Å². The minimum absolute atomic E-state index is 0.0259. The third kappa shape index (κ3) is 3.20. The second-order valence-corrected chi connectivity index (χ2v) is 4.38. The SMILES string of the molecule is Fc1ccc(/C=C(\CCl)c2cc(F)c(F)c(F)c2)cc1. The fourth-order valence-corrected chi connectivity index (χ4v) is 1.93. The smallest absolute Gasteiger partial charge is 0.194 e. The van der Waals surface area contributed by atoms with E-state index in [0.29, 0.717) is 11.1 Å². The standard InChI is InChI=1S/C15H9ClF4/c16-8-11(5-9-1-3-12(17)4-2-9)10-6-13(18)15(20)14(19)7-10/h1-7H,8H2/b11-5+. The Balaban J connectivity index is 2.44. The van der Waals surface area contributed by atoms with E-state index < -0.39 is 23.3 Å². The Morgan fingerprint density at radius 1 is 0.950 bits per heavy atom. The van der Waals surface area contributed by atoms with Crippen LogP contribution in [-0.4, -0.2) is 5.88 Å². The number of benzene rings is 2. The van der Waals surface area contributed by atoms with E-state index in [2.05, 4.69) is 0 Å². The van der Waals surface area contributed by atoms with Crippen LogP contribution in [0.25, 0.3) is 11.6 Å². The zero-order valence-electron chi connectivity index (χ0n) is 10.1. The molecule has 0 nitrogen and oxygen atoms in total. The number of allylic oxidation sites excluding steroid dienone is 1. The van der Waals surface area contributed by atoms with Gasteiger partial charge in [-0.25, -0.2) is 17.6 Å². The third-order valence-electron chi connectivity index (χ3n) is 2.71. The van der Waals surface area contributed by atoms with Crippen LogP contribution in [0.3, 0.4) is 0 Å². The van der Waals surface area contributed by atoms with Crippen molar-refractivity contribution in [1.29, 1.82) is 0 Å². The van der Waals surface area contributed by atoms with E-state index in [1.54, 1.807) is 6.08 Å². The van der Waals surface area contributed by atoms with Crippen molar-refractivity contribution < 1.29 is 17.6 Å². The molecule has 0 amide bonds. The molecule has 0 N–H and O–H groups in total. The van der Waals surface area contributed by atoms with Crippen LogP contribution < -0.4 is 0 Å². The number of hydrogen-bond acceptors (Lipinski definition) is 0. The molecule has 0 radical (unpaired) electrons. The predicted molar refractivity (Wildman–Crippen MR) is 71.3 cm³/mol. The molecule has 2 aromatic rings. The summed E-state index contributed by atoms with van der Waals surface area (Å²) in [5, 5.41) is 0. The second-order valence-electron chi connectivity index (χ2n) is 4.11. The molecule has 0 saturated heterocycles. The maximum Gasteiger partial charge on any atom is 0.194 e. The van der Waals surface area contributed by atoms with Crippen LogP contribution in [0.4, 0.5) is 17.6 Å². The molecule has 104 valence electrons. The van der Waals surface area contributed by atoms with Crippen molar-refractivity contribution in [2.75, 3.05) is 5.88 Å². The van der Waals surface area contributed by atoms with E-state index in [-0.39, 0.29) is 11.4 Å². The maximum atomic E-state index is 13.2. The minimum Gasteiger partial charge on any atom is -0.207 e. The molecule has 0 spiro atoms. The highest BCUT2D eigenvalue weighted by Gasteiger charge is 2.12. The van der Waals surface area contributed by atoms with E-state index in [1.165, 1.54) is 24.3 Å². The quantitative estimate of drug-likeness (QED) is 0.323. The van der Waals surface area contributed by atoms with Gasteiger partial charge in [-0.2, -0.15) is 0 Å². The molecule has 0 bridgehead atoms. The van der Waals surface area contributed by atoms with Gasteiger partial charge in [0.05, 0.1) is 0 Å². The Kier molecular flexibility index (Phi) is 4.45. The normalized spacial score (nSPS) is 11.8. The number of alkyl halides is 1. The molecule has 0 aliphatic carbocycles. The van der Waals surface area contributed by atoms with Crippen LogP contribution in [0, 0.1) is 23.3 Å². The molecule has 20 heavy (non-hydrogen) atoms. The summed E-state index contributed by atoms with van der Waals surface area (Å²) in [6, 6.07) is 7.25. The summed E-state index contributed by atoms with van der Waals surface area (Å²) in [6.07, 6.45) is 1.55. The first-order valence-electron chi connectivity index (χ1n) is 5.68. The number of halogens is 5. The first kappa shape index (κ1) is 14.6. The van der Waals surface area contributed by atoms with Crippen molar-refractivity contribution in [2.24, 2.45) is 0 Å². The van der Waals surface area contributed by atoms with Crippen LogP contribution in [0.2, 0.25) is 0 Å². The Labute approximate surface area is 118 Å². The maximum absolute atomic E-state index is 13.2. The lowest BCUT2D eigenvalue weighted by atomic mass is 10.0. The summed E-state index contributed by atoms with van der Waals surface area (Å²) in [5.41, 5.74) is 1.16. The van der Waals surface area contributed by atoms with Crippen molar-refractivity contribution in [3.05, 3.63) is 70.8 Å². The summed E-state index contributed by atoms with van der Waals surface area (Å²) in [7, 11) is 0. The molecular formula is C15H9ClF4. The molecular weight excluding hydrogens is 292 g/mol. The molecule has 0 aliphatic rings. The predicted octanol–water partition coefficient (Wildman–Crippen LogP) is 5.02. The number of rotatable bonds is 3. The van der Waals surface area contributed by atoms with Crippen molar-refractivity contribution >= 4 is 23.3 Å². The molecule has 0 unspecified atom stereocenters. The monoisotopic (exact) mass is 300 g/mol. The lowest BCUT2D eigenvalue weighted by Gasteiger charge is -2.06. The third-order valence-corrected chi connectivity index (χ3v) is 3.00. The van der Waals surface area contributed by atoms with E-state index in [1.807, 2.05) is 0 Å². The minimum atomic E-state index is -1.52. The van der Waals surface area contributed by atoms with E-state index in [9.17, 15) is 17.6 Å². The molecule has 2 aromatic carbocycles. The van der Waals surface area contributed by atoms with Gasteiger partial charge in [-0.15, -0.1) is 11.6 Å². The van der Waals surface area contributed by atoms with E-state index in [0.717, 1.165) is 12.1 Å². The van der Waals surface area contributed by atoms with Gasteiger partial charge in [-0.1, -0.05) is 12.1 Å². The molecule has 0 fully saturated rings. The Bertz CT molecular complexity index is 624. The first-order valence-corrected chi connectivity index (χ1v) is 6.21.